The number of nitro groups is 1. The molecule has 2 aromatic carbocycles. The summed E-state index contributed by atoms with van der Waals surface area (Å²) in [5.74, 6) is -0.851. The van der Waals surface area contributed by atoms with Crippen molar-refractivity contribution in [2.24, 2.45) is 0 Å². The summed E-state index contributed by atoms with van der Waals surface area (Å²) in [5.41, 5.74) is 0.528. The van der Waals surface area contributed by atoms with Crippen LogP contribution in [-0.2, 0) is 6.42 Å². The van der Waals surface area contributed by atoms with Gasteiger partial charge < -0.3 is 5.32 Å². The molecule has 0 heterocycles. The van der Waals surface area contributed by atoms with Crippen molar-refractivity contribution < 1.29 is 14.1 Å². The van der Waals surface area contributed by atoms with E-state index in [1.807, 2.05) is 0 Å². The zero-order chi connectivity index (χ0) is 15.2. The van der Waals surface area contributed by atoms with Crippen LogP contribution in [0.15, 0.2) is 48.5 Å². The number of carbonyl (C=O) groups is 1. The number of para-hydroxylation sites is 1. The highest BCUT2D eigenvalue weighted by atomic mass is 19.1. The second kappa shape index (κ2) is 6.60. The number of rotatable bonds is 5. The summed E-state index contributed by atoms with van der Waals surface area (Å²) >= 11 is 0. The van der Waals surface area contributed by atoms with Crippen molar-refractivity contribution in [3.63, 3.8) is 0 Å². The molecule has 2 aromatic rings. The molecule has 5 nitrogen and oxygen atoms in total. The van der Waals surface area contributed by atoms with E-state index in [0.29, 0.717) is 6.42 Å². The molecule has 0 atom stereocenters. The highest BCUT2D eigenvalue weighted by Gasteiger charge is 2.18. The zero-order valence-electron chi connectivity index (χ0n) is 11.1. The Labute approximate surface area is 120 Å². The average molecular weight is 288 g/mol. The smallest absolute Gasteiger partial charge is 0.282 e. The fourth-order valence-corrected chi connectivity index (χ4v) is 1.93. The first-order chi connectivity index (χ1) is 10.1. The fraction of sp³-hybridized carbons (Fsp3) is 0.133. The van der Waals surface area contributed by atoms with E-state index in [1.165, 1.54) is 30.3 Å². The van der Waals surface area contributed by atoms with E-state index < -0.39 is 10.8 Å². The van der Waals surface area contributed by atoms with Gasteiger partial charge in [-0.05, 0) is 30.2 Å². The standard InChI is InChI=1S/C15H13FN2O3/c16-12-5-3-4-11(10-12)8-9-17-15(19)13-6-1-2-7-14(13)18(20)21/h1-7,10H,8-9H2,(H,17,19). The number of benzene rings is 2. The second-order valence-electron chi connectivity index (χ2n) is 4.41. The van der Waals surface area contributed by atoms with E-state index in [9.17, 15) is 19.3 Å². The van der Waals surface area contributed by atoms with Gasteiger partial charge in [0.2, 0.25) is 0 Å². The van der Waals surface area contributed by atoms with Crippen LogP contribution in [0, 0.1) is 15.9 Å². The molecular formula is C15H13FN2O3. The van der Waals surface area contributed by atoms with Crippen LogP contribution < -0.4 is 5.32 Å². The topological polar surface area (TPSA) is 72.2 Å². The third-order valence-corrected chi connectivity index (χ3v) is 2.93. The van der Waals surface area contributed by atoms with Gasteiger partial charge in [-0.2, -0.15) is 0 Å². The zero-order valence-corrected chi connectivity index (χ0v) is 11.1. The van der Waals surface area contributed by atoms with Gasteiger partial charge in [0.1, 0.15) is 11.4 Å². The lowest BCUT2D eigenvalue weighted by Crippen LogP contribution is -2.26. The minimum atomic E-state index is -0.596. The Morgan fingerprint density at radius 2 is 1.95 bits per heavy atom. The molecule has 108 valence electrons. The number of hydrogen-bond acceptors (Lipinski definition) is 3. The third-order valence-electron chi connectivity index (χ3n) is 2.93. The third kappa shape index (κ3) is 3.85. The van der Waals surface area contributed by atoms with Gasteiger partial charge in [-0.15, -0.1) is 0 Å². The van der Waals surface area contributed by atoms with Gasteiger partial charge in [-0.25, -0.2) is 4.39 Å². The molecule has 0 aromatic heterocycles. The lowest BCUT2D eigenvalue weighted by Gasteiger charge is -2.06. The summed E-state index contributed by atoms with van der Waals surface area (Å²) in [6.45, 7) is 0.272. The summed E-state index contributed by atoms with van der Waals surface area (Å²) in [6.07, 6.45) is 0.449. The summed E-state index contributed by atoms with van der Waals surface area (Å²) < 4.78 is 13.0. The first-order valence-corrected chi connectivity index (χ1v) is 6.34. The van der Waals surface area contributed by atoms with E-state index >= 15 is 0 Å². The van der Waals surface area contributed by atoms with Crippen molar-refractivity contribution >= 4 is 11.6 Å². The van der Waals surface area contributed by atoms with Crippen LogP contribution in [0.2, 0.25) is 0 Å². The molecule has 0 aliphatic heterocycles. The van der Waals surface area contributed by atoms with Gasteiger partial charge in [0, 0.05) is 12.6 Å². The Balaban J connectivity index is 1.98. The van der Waals surface area contributed by atoms with E-state index in [1.54, 1.807) is 18.2 Å². The Morgan fingerprint density at radius 1 is 1.19 bits per heavy atom. The van der Waals surface area contributed by atoms with Crippen LogP contribution >= 0.6 is 0 Å². The molecule has 0 aliphatic carbocycles. The normalized spacial score (nSPS) is 10.1. The van der Waals surface area contributed by atoms with Gasteiger partial charge in [0.05, 0.1) is 4.92 Å². The van der Waals surface area contributed by atoms with Gasteiger partial charge in [0.25, 0.3) is 11.6 Å². The van der Waals surface area contributed by atoms with Crippen molar-refractivity contribution in [3.8, 4) is 0 Å². The van der Waals surface area contributed by atoms with Crippen molar-refractivity contribution in [1.82, 2.24) is 5.32 Å². The lowest BCUT2D eigenvalue weighted by atomic mass is 10.1. The lowest BCUT2D eigenvalue weighted by molar-refractivity contribution is -0.385. The Kier molecular flexibility index (Phi) is 4.61. The second-order valence-corrected chi connectivity index (χ2v) is 4.41. The van der Waals surface area contributed by atoms with Crippen LogP contribution in [0.3, 0.4) is 0 Å². The first-order valence-electron chi connectivity index (χ1n) is 6.34. The predicted octanol–water partition coefficient (Wildman–Crippen LogP) is 2.71. The van der Waals surface area contributed by atoms with E-state index in [2.05, 4.69) is 5.32 Å². The molecule has 0 fully saturated rings. The summed E-state index contributed by atoms with van der Waals surface area (Å²) in [4.78, 5) is 22.2. The van der Waals surface area contributed by atoms with Crippen LogP contribution in [0.1, 0.15) is 15.9 Å². The van der Waals surface area contributed by atoms with E-state index in [4.69, 9.17) is 0 Å². The number of hydrogen-bond donors (Lipinski definition) is 1. The van der Waals surface area contributed by atoms with E-state index in [-0.39, 0.29) is 23.6 Å². The number of nitrogens with zero attached hydrogens (tertiary/aromatic N) is 1. The molecule has 0 bridgehead atoms. The monoisotopic (exact) mass is 288 g/mol. The van der Waals surface area contributed by atoms with Crippen molar-refractivity contribution in [1.29, 1.82) is 0 Å². The van der Waals surface area contributed by atoms with Crippen molar-refractivity contribution in [2.45, 2.75) is 6.42 Å². The number of carbonyl (C=O) groups excluding carboxylic acids is 1. The maximum absolute atomic E-state index is 13.0. The quantitative estimate of drug-likeness (QED) is 0.679. The Bertz CT molecular complexity index is 673. The molecule has 0 saturated heterocycles. The Morgan fingerprint density at radius 3 is 2.67 bits per heavy atom. The highest BCUT2D eigenvalue weighted by Crippen LogP contribution is 2.17. The van der Waals surface area contributed by atoms with Crippen molar-refractivity contribution in [3.05, 3.63) is 75.6 Å². The van der Waals surface area contributed by atoms with Gasteiger partial charge in [-0.3, -0.25) is 14.9 Å². The molecule has 0 unspecified atom stereocenters. The number of nitro benzene ring substituents is 1. The van der Waals surface area contributed by atoms with Crippen LogP contribution in [-0.4, -0.2) is 17.4 Å². The minimum Gasteiger partial charge on any atom is -0.351 e. The molecule has 6 heteroatoms. The first kappa shape index (κ1) is 14.6. The largest absolute Gasteiger partial charge is 0.351 e. The molecule has 1 N–H and O–H groups in total. The predicted molar refractivity (Wildman–Crippen MR) is 75.5 cm³/mol. The van der Waals surface area contributed by atoms with Gasteiger partial charge in [0.15, 0.2) is 0 Å². The van der Waals surface area contributed by atoms with Crippen molar-refractivity contribution in [2.75, 3.05) is 6.54 Å². The van der Waals surface area contributed by atoms with Gasteiger partial charge >= 0.3 is 0 Å². The molecule has 0 saturated carbocycles. The molecule has 0 radical (unpaired) electrons. The molecule has 21 heavy (non-hydrogen) atoms. The van der Waals surface area contributed by atoms with Gasteiger partial charge in [-0.1, -0.05) is 24.3 Å². The minimum absolute atomic E-state index is 0.0155. The average Bonchev–Trinajstić information content (AvgIpc) is 2.47. The highest BCUT2D eigenvalue weighted by molar-refractivity contribution is 5.98. The number of nitrogens with one attached hydrogen (secondary N) is 1. The maximum atomic E-state index is 13.0. The summed E-state index contributed by atoms with van der Waals surface area (Å²) in [6, 6.07) is 11.8. The number of amides is 1. The molecular weight excluding hydrogens is 275 g/mol. The van der Waals surface area contributed by atoms with Crippen LogP contribution in [0.4, 0.5) is 10.1 Å². The molecule has 0 spiro atoms. The van der Waals surface area contributed by atoms with Crippen LogP contribution in [0.5, 0.6) is 0 Å². The SMILES string of the molecule is O=C(NCCc1cccc(F)c1)c1ccccc1[N+](=O)[O-]. The number of halogens is 1. The fourth-order valence-electron chi connectivity index (χ4n) is 1.93. The molecule has 1 amide bonds. The Hall–Kier alpha value is -2.76. The maximum Gasteiger partial charge on any atom is 0.282 e. The molecule has 2 rings (SSSR count). The summed E-state index contributed by atoms with van der Waals surface area (Å²) in [5, 5.41) is 13.4. The molecule has 0 aliphatic rings. The van der Waals surface area contributed by atoms with Crippen LogP contribution in [0.25, 0.3) is 0 Å². The van der Waals surface area contributed by atoms with E-state index in [0.717, 1.165) is 5.56 Å². The summed E-state index contributed by atoms with van der Waals surface area (Å²) in [7, 11) is 0.